The third kappa shape index (κ3) is 3.30. The number of ketones is 1. The van der Waals surface area contributed by atoms with Gasteiger partial charge in [0, 0.05) is 22.3 Å². The molecule has 4 nitrogen and oxygen atoms in total. The Morgan fingerprint density at radius 2 is 2.11 bits per heavy atom. The predicted octanol–water partition coefficient (Wildman–Crippen LogP) is 2.51. The maximum Gasteiger partial charge on any atom is 0.251 e. The van der Waals surface area contributed by atoms with Gasteiger partial charge in [-0.15, -0.1) is 0 Å². The summed E-state index contributed by atoms with van der Waals surface area (Å²) in [4.78, 5) is 29.5. The number of hydrogen-bond acceptors (Lipinski definition) is 4. The second-order valence-electron chi connectivity index (χ2n) is 3.43. The summed E-state index contributed by atoms with van der Waals surface area (Å²) in [7, 11) is 0. The van der Waals surface area contributed by atoms with Gasteiger partial charge in [-0.3, -0.25) is 9.59 Å². The third-order valence-corrected chi connectivity index (χ3v) is 3.74. The smallest absolute Gasteiger partial charge is 0.251 e. The first-order valence-electron chi connectivity index (χ1n) is 5.12. The van der Waals surface area contributed by atoms with Crippen LogP contribution in [-0.4, -0.2) is 21.5 Å². The Kier molecular flexibility index (Phi) is 4.33. The van der Waals surface area contributed by atoms with Gasteiger partial charge in [0.05, 0.1) is 5.75 Å². The second kappa shape index (κ2) is 5.97. The number of benzene rings is 1. The van der Waals surface area contributed by atoms with Crippen molar-refractivity contribution in [2.45, 2.75) is 5.16 Å². The van der Waals surface area contributed by atoms with Crippen molar-refractivity contribution in [2.24, 2.45) is 0 Å². The average Bonchev–Trinajstić information content (AvgIpc) is 2.37. The third-order valence-electron chi connectivity index (χ3n) is 2.16. The molecular formula is C12H9BrN2O2S. The summed E-state index contributed by atoms with van der Waals surface area (Å²) in [5.41, 5.74) is 0.407. The van der Waals surface area contributed by atoms with Crippen LogP contribution in [0.3, 0.4) is 0 Å². The lowest BCUT2D eigenvalue weighted by Crippen LogP contribution is -2.08. The Morgan fingerprint density at radius 1 is 1.33 bits per heavy atom. The van der Waals surface area contributed by atoms with E-state index in [-0.39, 0.29) is 17.1 Å². The molecule has 1 aromatic carbocycles. The van der Waals surface area contributed by atoms with E-state index >= 15 is 0 Å². The van der Waals surface area contributed by atoms with Gasteiger partial charge >= 0.3 is 0 Å². The fourth-order valence-corrected chi connectivity index (χ4v) is 2.56. The highest BCUT2D eigenvalue weighted by molar-refractivity contribution is 9.10. The maximum absolute atomic E-state index is 12.0. The van der Waals surface area contributed by atoms with Crippen LogP contribution in [-0.2, 0) is 0 Å². The zero-order valence-electron chi connectivity index (χ0n) is 9.22. The van der Waals surface area contributed by atoms with Crippen molar-refractivity contribution in [3.8, 4) is 0 Å². The molecule has 92 valence electrons. The molecule has 1 heterocycles. The number of H-pyrrole nitrogens is 1. The summed E-state index contributed by atoms with van der Waals surface area (Å²) in [5.74, 6) is 0.217. The zero-order chi connectivity index (χ0) is 13.0. The highest BCUT2D eigenvalue weighted by atomic mass is 79.9. The fraction of sp³-hybridized carbons (Fsp3) is 0.0833. The molecule has 2 rings (SSSR count). The van der Waals surface area contributed by atoms with E-state index < -0.39 is 0 Å². The van der Waals surface area contributed by atoms with Crippen LogP contribution in [0.2, 0.25) is 0 Å². The topological polar surface area (TPSA) is 62.8 Å². The molecule has 0 bridgehead atoms. The summed E-state index contributed by atoms with van der Waals surface area (Å²) in [6, 6.07) is 8.57. The lowest BCUT2D eigenvalue weighted by Gasteiger charge is -2.02. The largest absolute Gasteiger partial charge is 0.301 e. The molecule has 0 saturated heterocycles. The Hall–Kier alpha value is -1.40. The first-order valence-corrected chi connectivity index (χ1v) is 6.90. The molecule has 0 fully saturated rings. The van der Waals surface area contributed by atoms with Crippen molar-refractivity contribution in [1.29, 1.82) is 0 Å². The van der Waals surface area contributed by atoms with Gasteiger partial charge in [0.15, 0.2) is 10.9 Å². The van der Waals surface area contributed by atoms with Gasteiger partial charge in [-0.2, -0.15) is 0 Å². The van der Waals surface area contributed by atoms with Crippen LogP contribution in [0.15, 0.2) is 51.0 Å². The number of nitrogens with zero attached hydrogens (tertiary/aromatic N) is 1. The van der Waals surface area contributed by atoms with Gasteiger partial charge in [-0.25, -0.2) is 4.98 Å². The Balaban J connectivity index is 2.05. The molecule has 0 aliphatic rings. The van der Waals surface area contributed by atoms with E-state index in [9.17, 15) is 9.59 Å². The lowest BCUT2D eigenvalue weighted by atomic mass is 10.1. The Bertz CT molecular complexity index is 627. The zero-order valence-corrected chi connectivity index (χ0v) is 11.6. The summed E-state index contributed by atoms with van der Waals surface area (Å²) >= 11 is 4.54. The van der Waals surface area contributed by atoms with E-state index in [0.717, 1.165) is 4.47 Å². The predicted molar refractivity (Wildman–Crippen MR) is 74.1 cm³/mol. The summed E-state index contributed by atoms with van der Waals surface area (Å²) in [6.45, 7) is 0. The number of hydrogen-bond donors (Lipinski definition) is 1. The molecule has 1 N–H and O–H groups in total. The number of aromatic amines is 1. The first-order chi connectivity index (χ1) is 8.66. The van der Waals surface area contributed by atoms with Gasteiger partial charge < -0.3 is 4.98 Å². The molecule has 0 saturated carbocycles. The minimum atomic E-state index is -0.221. The molecule has 0 aliphatic carbocycles. The standard InChI is InChI=1S/C12H9BrN2O2S/c13-9-4-2-1-3-8(9)10(16)7-18-12-14-6-5-11(17)15-12/h1-6H,7H2,(H,14,15,17). The van der Waals surface area contributed by atoms with Crippen molar-refractivity contribution in [3.05, 3.63) is 56.9 Å². The number of carbonyl (C=O) groups excluding carboxylic acids is 1. The second-order valence-corrected chi connectivity index (χ2v) is 5.25. The highest BCUT2D eigenvalue weighted by Crippen LogP contribution is 2.19. The monoisotopic (exact) mass is 324 g/mol. The van der Waals surface area contributed by atoms with Crippen molar-refractivity contribution in [1.82, 2.24) is 9.97 Å². The summed E-state index contributed by atoms with van der Waals surface area (Å²) in [5, 5.41) is 0.447. The number of carbonyl (C=O) groups is 1. The number of thioether (sulfide) groups is 1. The molecule has 0 radical (unpaired) electrons. The van der Waals surface area contributed by atoms with Crippen molar-refractivity contribution in [3.63, 3.8) is 0 Å². The van der Waals surface area contributed by atoms with Crippen LogP contribution in [0.4, 0.5) is 0 Å². The SMILES string of the molecule is O=C(CSc1nccc(=O)[nH]1)c1ccccc1Br. The number of nitrogens with one attached hydrogen (secondary N) is 1. The minimum Gasteiger partial charge on any atom is -0.301 e. The van der Waals surface area contributed by atoms with E-state index in [2.05, 4.69) is 25.9 Å². The fourth-order valence-electron chi connectivity index (χ4n) is 1.32. The molecule has 0 aliphatic heterocycles. The van der Waals surface area contributed by atoms with Crippen LogP contribution in [0, 0.1) is 0 Å². The minimum absolute atomic E-state index is 0.0148. The van der Waals surface area contributed by atoms with Gasteiger partial charge in [0.2, 0.25) is 0 Å². The molecule has 0 amide bonds. The van der Waals surface area contributed by atoms with Gasteiger partial charge in [0.25, 0.3) is 5.56 Å². The molecule has 1 aromatic heterocycles. The number of rotatable bonds is 4. The van der Waals surface area contributed by atoms with E-state index in [4.69, 9.17) is 0 Å². The lowest BCUT2D eigenvalue weighted by molar-refractivity contribution is 0.102. The molecule has 0 unspecified atom stereocenters. The maximum atomic E-state index is 12.0. The molecular weight excluding hydrogens is 316 g/mol. The number of aromatic nitrogens is 2. The highest BCUT2D eigenvalue weighted by Gasteiger charge is 2.10. The summed E-state index contributed by atoms with van der Waals surface area (Å²) in [6.07, 6.45) is 1.42. The van der Waals surface area contributed by atoms with Crippen LogP contribution >= 0.6 is 27.7 Å². The van der Waals surface area contributed by atoms with Gasteiger partial charge in [-0.05, 0) is 6.07 Å². The first kappa shape index (κ1) is 13.0. The quantitative estimate of drug-likeness (QED) is 0.533. The average molecular weight is 325 g/mol. The van der Waals surface area contributed by atoms with Crippen molar-refractivity contribution in [2.75, 3.05) is 5.75 Å². The molecule has 6 heteroatoms. The van der Waals surface area contributed by atoms with E-state index in [1.165, 1.54) is 24.0 Å². The van der Waals surface area contributed by atoms with Crippen LogP contribution in [0.5, 0.6) is 0 Å². The van der Waals surface area contributed by atoms with Crippen LogP contribution < -0.4 is 5.56 Å². The van der Waals surface area contributed by atoms with Crippen molar-refractivity contribution >= 4 is 33.5 Å². The van der Waals surface area contributed by atoms with E-state index in [1.807, 2.05) is 18.2 Å². The number of Topliss-reactive ketones (excluding diaryl/α,β-unsaturated/α-hetero) is 1. The normalized spacial score (nSPS) is 10.3. The van der Waals surface area contributed by atoms with E-state index in [0.29, 0.717) is 10.7 Å². The number of halogens is 1. The Morgan fingerprint density at radius 3 is 2.83 bits per heavy atom. The van der Waals surface area contributed by atoms with Crippen LogP contribution in [0.25, 0.3) is 0 Å². The van der Waals surface area contributed by atoms with Gasteiger partial charge in [-0.1, -0.05) is 45.9 Å². The van der Waals surface area contributed by atoms with Crippen molar-refractivity contribution < 1.29 is 4.79 Å². The molecule has 2 aromatic rings. The molecule has 0 spiro atoms. The van der Waals surface area contributed by atoms with E-state index in [1.54, 1.807) is 6.07 Å². The Labute approximate surface area is 116 Å². The summed E-state index contributed by atoms with van der Waals surface area (Å²) < 4.78 is 0.769. The molecule has 18 heavy (non-hydrogen) atoms. The van der Waals surface area contributed by atoms with Crippen LogP contribution in [0.1, 0.15) is 10.4 Å². The van der Waals surface area contributed by atoms with Gasteiger partial charge in [0.1, 0.15) is 0 Å². The molecule has 0 atom stereocenters.